The fraction of sp³-hybridized carbons (Fsp3) is 0.875. The predicted molar refractivity (Wildman–Crippen MR) is 45.0 cm³/mol. The van der Waals surface area contributed by atoms with E-state index in [2.05, 4.69) is 5.32 Å². The van der Waals surface area contributed by atoms with Crippen molar-refractivity contribution in [1.82, 2.24) is 5.32 Å². The SMILES string of the molecule is CC(C)C(ON)C1CNC(=O)C1. The average molecular weight is 172 g/mol. The highest BCUT2D eigenvalue weighted by molar-refractivity contribution is 5.78. The first kappa shape index (κ1) is 9.48. The minimum absolute atomic E-state index is 0.0102. The fourth-order valence-corrected chi connectivity index (χ4v) is 1.67. The molecule has 1 amide bonds. The second kappa shape index (κ2) is 3.87. The molecule has 1 aliphatic heterocycles. The summed E-state index contributed by atoms with van der Waals surface area (Å²) in [5.74, 6) is 5.85. The van der Waals surface area contributed by atoms with E-state index < -0.39 is 0 Å². The second-order valence-corrected chi connectivity index (χ2v) is 3.61. The van der Waals surface area contributed by atoms with Gasteiger partial charge in [-0.3, -0.25) is 4.79 Å². The summed E-state index contributed by atoms with van der Waals surface area (Å²) in [6.45, 7) is 4.78. The number of hydrogen-bond donors (Lipinski definition) is 2. The zero-order chi connectivity index (χ0) is 9.14. The van der Waals surface area contributed by atoms with E-state index >= 15 is 0 Å². The Hall–Kier alpha value is -0.610. The van der Waals surface area contributed by atoms with Crippen LogP contribution in [0.15, 0.2) is 0 Å². The molecule has 0 aromatic heterocycles. The van der Waals surface area contributed by atoms with Crippen molar-refractivity contribution in [1.29, 1.82) is 0 Å². The summed E-state index contributed by atoms with van der Waals surface area (Å²) in [6, 6.07) is 0. The second-order valence-electron chi connectivity index (χ2n) is 3.61. The van der Waals surface area contributed by atoms with Crippen LogP contribution in [-0.2, 0) is 9.63 Å². The maximum atomic E-state index is 10.9. The van der Waals surface area contributed by atoms with Gasteiger partial charge in [0.25, 0.3) is 0 Å². The zero-order valence-corrected chi connectivity index (χ0v) is 7.54. The van der Waals surface area contributed by atoms with Gasteiger partial charge in [-0.2, -0.15) is 0 Å². The number of hydrogen-bond acceptors (Lipinski definition) is 3. The first-order chi connectivity index (χ1) is 5.65. The topological polar surface area (TPSA) is 64.3 Å². The van der Waals surface area contributed by atoms with E-state index in [-0.39, 0.29) is 17.9 Å². The number of nitrogens with one attached hydrogen (secondary N) is 1. The van der Waals surface area contributed by atoms with Crippen molar-refractivity contribution in [3.05, 3.63) is 0 Å². The van der Waals surface area contributed by atoms with E-state index in [0.717, 1.165) is 0 Å². The first-order valence-corrected chi connectivity index (χ1v) is 4.27. The van der Waals surface area contributed by atoms with E-state index in [1.54, 1.807) is 0 Å². The van der Waals surface area contributed by atoms with Gasteiger partial charge in [0, 0.05) is 18.9 Å². The van der Waals surface area contributed by atoms with Gasteiger partial charge in [-0.05, 0) is 5.92 Å². The molecule has 0 bridgehead atoms. The van der Waals surface area contributed by atoms with Crippen LogP contribution in [-0.4, -0.2) is 18.6 Å². The molecule has 2 atom stereocenters. The van der Waals surface area contributed by atoms with Crippen LogP contribution in [0.4, 0.5) is 0 Å². The summed E-state index contributed by atoms with van der Waals surface area (Å²) in [6.07, 6.45) is 0.531. The van der Waals surface area contributed by atoms with Crippen LogP contribution in [0.5, 0.6) is 0 Å². The molecule has 70 valence electrons. The summed E-state index contributed by atoms with van der Waals surface area (Å²) in [4.78, 5) is 15.7. The highest BCUT2D eigenvalue weighted by Gasteiger charge is 2.31. The number of carbonyl (C=O) groups excluding carboxylic acids is 1. The summed E-state index contributed by atoms with van der Waals surface area (Å²) < 4.78 is 0. The van der Waals surface area contributed by atoms with Gasteiger partial charge in [0.2, 0.25) is 5.91 Å². The molecule has 1 aliphatic rings. The molecule has 4 heteroatoms. The molecule has 0 aromatic carbocycles. The van der Waals surface area contributed by atoms with E-state index in [1.165, 1.54) is 0 Å². The Morgan fingerprint density at radius 1 is 1.67 bits per heavy atom. The number of rotatable bonds is 3. The summed E-state index contributed by atoms with van der Waals surface area (Å²) in [5, 5.41) is 2.76. The molecule has 3 N–H and O–H groups in total. The van der Waals surface area contributed by atoms with Crippen LogP contribution >= 0.6 is 0 Å². The minimum atomic E-state index is -0.0102. The van der Waals surface area contributed by atoms with Gasteiger partial charge in [-0.15, -0.1) is 0 Å². The van der Waals surface area contributed by atoms with Crippen LogP contribution in [0.3, 0.4) is 0 Å². The zero-order valence-electron chi connectivity index (χ0n) is 7.54. The maximum absolute atomic E-state index is 10.9. The third-order valence-corrected chi connectivity index (χ3v) is 2.29. The standard InChI is InChI=1S/C8H16N2O2/c1-5(2)8(12-9)6-3-7(11)10-4-6/h5-6,8H,3-4,9H2,1-2H3,(H,10,11). The van der Waals surface area contributed by atoms with Crippen molar-refractivity contribution in [3.63, 3.8) is 0 Å². The normalized spacial score (nSPS) is 26.0. The Bertz CT molecular complexity index is 170. The van der Waals surface area contributed by atoms with Crippen LogP contribution in [0.25, 0.3) is 0 Å². The largest absolute Gasteiger partial charge is 0.356 e. The smallest absolute Gasteiger partial charge is 0.220 e. The van der Waals surface area contributed by atoms with Crippen LogP contribution in [0, 0.1) is 11.8 Å². The number of carbonyl (C=O) groups is 1. The summed E-state index contributed by atoms with van der Waals surface area (Å²) in [7, 11) is 0. The van der Waals surface area contributed by atoms with Gasteiger partial charge in [0.15, 0.2) is 0 Å². The van der Waals surface area contributed by atoms with Gasteiger partial charge in [-0.1, -0.05) is 13.8 Å². The van der Waals surface area contributed by atoms with Crippen LogP contribution < -0.4 is 11.2 Å². The molecule has 12 heavy (non-hydrogen) atoms. The molecule has 0 radical (unpaired) electrons. The monoisotopic (exact) mass is 172 g/mol. The van der Waals surface area contributed by atoms with Crippen LogP contribution in [0.1, 0.15) is 20.3 Å². The van der Waals surface area contributed by atoms with Crippen molar-refractivity contribution in [2.24, 2.45) is 17.7 Å². The fourth-order valence-electron chi connectivity index (χ4n) is 1.67. The van der Waals surface area contributed by atoms with E-state index in [0.29, 0.717) is 18.9 Å². The Morgan fingerprint density at radius 2 is 2.33 bits per heavy atom. The van der Waals surface area contributed by atoms with Crippen molar-refractivity contribution < 1.29 is 9.63 Å². The molecule has 1 heterocycles. The highest BCUT2D eigenvalue weighted by atomic mass is 16.6. The molecular weight excluding hydrogens is 156 g/mol. The quantitative estimate of drug-likeness (QED) is 0.591. The van der Waals surface area contributed by atoms with Gasteiger partial charge in [0.1, 0.15) is 0 Å². The molecule has 0 spiro atoms. The molecular formula is C8H16N2O2. The Kier molecular flexibility index (Phi) is 3.05. The molecule has 1 rings (SSSR count). The molecule has 0 saturated carbocycles. The van der Waals surface area contributed by atoms with Gasteiger partial charge in [-0.25, -0.2) is 5.90 Å². The van der Waals surface area contributed by atoms with E-state index in [9.17, 15) is 4.79 Å². The lowest BCUT2D eigenvalue weighted by atomic mass is 9.92. The maximum Gasteiger partial charge on any atom is 0.220 e. The average Bonchev–Trinajstić information content (AvgIpc) is 2.37. The Balaban J connectivity index is 2.49. The highest BCUT2D eigenvalue weighted by Crippen LogP contribution is 2.21. The van der Waals surface area contributed by atoms with E-state index in [4.69, 9.17) is 10.7 Å². The van der Waals surface area contributed by atoms with Crippen molar-refractivity contribution in [2.45, 2.75) is 26.4 Å². The molecule has 2 unspecified atom stereocenters. The molecule has 0 aromatic rings. The lowest BCUT2D eigenvalue weighted by Crippen LogP contribution is -2.33. The lowest BCUT2D eigenvalue weighted by Gasteiger charge is -2.23. The third kappa shape index (κ3) is 1.95. The minimum Gasteiger partial charge on any atom is -0.356 e. The van der Waals surface area contributed by atoms with Crippen molar-refractivity contribution >= 4 is 5.91 Å². The van der Waals surface area contributed by atoms with Gasteiger partial charge >= 0.3 is 0 Å². The van der Waals surface area contributed by atoms with E-state index in [1.807, 2.05) is 13.8 Å². The Labute approximate surface area is 72.4 Å². The third-order valence-electron chi connectivity index (χ3n) is 2.29. The molecule has 0 aliphatic carbocycles. The predicted octanol–water partition coefficient (Wildman–Crippen LogP) is 0.0374. The summed E-state index contributed by atoms with van der Waals surface area (Å²) in [5.41, 5.74) is 0. The summed E-state index contributed by atoms with van der Waals surface area (Å²) >= 11 is 0. The number of amides is 1. The molecule has 1 saturated heterocycles. The first-order valence-electron chi connectivity index (χ1n) is 4.27. The molecule has 4 nitrogen and oxygen atoms in total. The molecule has 1 fully saturated rings. The van der Waals surface area contributed by atoms with Crippen molar-refractivity contribution in [2.75, 3.05) is 6.54 Å². The van der Waals surface area contributed by atoms with Gasteiger partial charge in [0.05, 0.1) is 6.10 Å². The van der Waals surface area contributed by atoms with Gasteiger partial charge < -0.3 is 10.2 Å². The number of nitrogens with two attached hydrogens (primary N) is 1. The lowest BCUT2D eigenvalue weighted by molar-refractivity contribution is -0.119. The van der Waals surface area contributed by atoms with Crippen molar-refractivity contribution in [3.8, 4) is 0 Å². The Morgan fingerprint density at radius 3 is 2.67 bits per heavy atom. The van der Waals surface area contributed by atoms with Crippen LogP contribution in [0.2, 0.25) is 0 Å².